The summed E-state index contributed by atoms with van der Waals surface area (Å²) < 4.78 is 0. The highest BCUT2D eigenvalue weighted by Crippen LogP contribution is 2.23. The minimum atomic E-state index is 0.227. The van der Waals surface area contributed by atoms with Crippen LogP contribution < -0.4 is 16.8 Å². The Hall–Kier alpha value is -0.660. The normalized spacial score (nSPS) is 20.4. The first-order valence-corrected chi connectivity index (χ1v) is 7.73. The molecule has 1 fully saturated rings. The molecule has 0 amide bonds. The smallest absolute Gasteiger partial charge is 0.221 e. The zero-order valence-electron chi connectivity index (χ0n) is 9.56. The molecule has 1 atom stereocenters. The van der Waals surface area contributed by atoms with Crippen molar-refractivity contribution in [2.45, 2.75) is 11.8 Å². The molecule has 1 aliphatic heterocycles. The van der Waals surface area contributed by atoms with Gasteiger partial charge in [-0.1, -0.05) is 0 Å². The number of nitrogen functional groups attached to an aromatic ring is 2. The maximum Gasteiger partial charge on any atom is 0.221 e. The maximum atomic E-state index is 5.76. The molecular formula is C10H17N5S2. The molecule has 0 radical (unpaired) electrons. The van der Waals surface area contributed by atoms with E-state index >= 15 is 0 Å². The van der Waals surface area contributed by atoms with Gasteiger partial charge in [-0.05, 0) is 0 Å². The summed E-state index contributed by atoms with van der Waals surface area (Å²) in [6, 6.07) is 0. The standard InChI is InChI=1S/C10H17N5S2/c11-9-7(4-14-10(12)15-9)3-13-5-8-6-16-1-2-17-8/h4,8,13H,1-3,5-6H2,(H4,11,12,14,15). The highest BCUT2D eigenvalue weighted by Gasteiger charge is 2.13. The van der Waals surface area contributed by atoms with E-state index in [1.807, 2.05) is 23.5 Å². The molecule has 0 aromatic carbocycles. The maximum absolute atomic E-state index is 5.76. The summed E-state index contributed by atoms with van der Waals surface area (Å²) in [7, 11) is 0. The van der Waals surface area contributed by atoms with Crippen molar-refractivity contribution in [1.82, 2.24) is 15.3 Å². The van der Waals surface area contributed by atoms with Gasteiger partial charge in [0.2, 0.25) is 5.95 Å². The summed E-state index contributed by atoms with van der Waals surface area (Å²) in [5, 5.41) is 4.10. The molecule has 0 aliphatic carbocycles. The van der Waals surface area contributed by atoms with Gasteiger partial charge < -0.3 is 16.8 Å². The highest BCUT2D eigenvalue weighted by atomic mass is 32.2. The summed E-state index contributed by atoms with van der Waals surface area (Å²) in [5.41, 5.74) is 12.1. The van der Waals surface area contributed by atoms with Crippen molar-refractivity contribution in [2.75, 3.05) is 35.3 Å². The lowest BCUT2D eigenvalue weighted by Gasteiger charge is -2.21. The predicted molar refractivity (Wildman–Crippen MR) is 76.1 cm³/mol. The van der Waals surface area contributed by atoms with E-state index in [1.54, 1.807) is 6.20 Å². The number of nitrogens with one attached hydrogen (secondary N) is 1. The largest absolute Gasteiger partial charge is 0.383 e. The Kier molecular flexibility index (Phi) is 4.75. The molecule has 1 aromatic heterocycles. The number of aromatic nitrogens is 2. The average Bonchev–Trinajstić information content (AvgIpc) is 2.33. The van der Waals surface area contributed by atoms with Crippen molar-refractivity contribution in [2.24, 2.45) is 0 Å². The molecule has 1 aliphatic rings. The first kappa shape index (κ1) is 12.8. The van der Waals surface area contributed by atoms with E-state index in [2.05, 4.69) is 15.3 Å². The Morgan fingerprint density at radius 2 is 2.29 bits per heavy atom. The van der Waals surface area contributed by atoms with Crippen LogP contribution in [0.1, 0.15) is 5.56 Å². The second-order valence-electron chi connectivity index (χ2n) is 3.84. The van der Waals surface area contributed by atoms with Crippen molar-refractivity contribution < 1.29 is 0 Å². The van der Waals surface area contributed by atoms with Crippen LogP contribution in [0.5, 0.6) is 0 Å². The van der Waals surface area contributed by atoms with E-state index in [-0.39, 0.29) is 5.95 Å². The molecule has 1 aromatic rings. The molecule has 5 nitrogen and oxygen atoms in total. The molecule has 2 rings (SSSR count). The fourth-order valence-electron chi connectivity index (χ4n) is 1.59. The quantitative estimate of drug-likeness (QED) is 0.738. The fourth-order valence-corrected chi connectivity index (χ4v) is 4.24. The van der Waals surface area contributed by atoms with Crippen molar-refractivity contribution in [3.8, 4) is 0 Å². The summed E-state index contributed by atoms with van der Waals surface area (Å²) in [6.45, 7) is 1.70. The highest BCUT2D eigenvalue weighted by molar-refractivity contribution is 8.06. The number of thioether (sulfide) groups is 2. The van der Waals surface area contributed by atoms with Crippen LogP contribution in [0.2, 0.25) is 0 Å². The Labute approximate surface area is 110 Å². The monoisotopic (exact) mass is 271 g/mol. The van der Waals surface area contributed by atoms with Gasteiger partial charge >= 0.3 is 0 Å². The van der Waals surface area contributed by atoms with Crippen LogP contribution >= 0.6 is 23.5 Å². The van der Waals surface area contributed by atoms with E-state index in [4.69, 9.17) is 11.5 Å². The Morgan fingerprint density at radius 1 is 1.41 bits per heavy atom. The van der Waals surface area contributed by atoms with Crippen molar-refractivity contribution in [3.63, 3.8) is 0 Å². The Morgan fingerprint density at radius 3 is 3.00 bits per heavy atom. The van der Waals surface area contributed by atoms with E-state index in [9.17, 15) is 0 Å². The van der Waals surface area contributed by atoms with Gasteiger partial charge in [0, 0.05) is 47.4 Å². The van der Waals surface area contributed by atoms with E-state index < -0.39 is 0 Å². The second-order valence-corrected chi connectivity index (χ2v) is 6.40. The molecule has 7 heteroatoms. The van der Waals surface area contributed by atoms with Crippen LogP contribution in [0.4, 0.5) is 11.8 Å². The van der Waals surface area contributed by atoms with Gasteiger partial charge in [0.15, 0.2) is 0 Å². The Balaban J connectivity index is 1.77. The third-order valence-corrected chi connectivity index (χ3v) is 5.33. The zero-order valence-corrected chi connectivity index (χ0v) is 11.2. The van der Waals surface area contributed by atoms with Crippen LogP contribution in [0.25, 0.3) is 0 Å². The molecule has 0 spiro atoms. The SMILES string of the molecule is Nc1ncc(CNCC2CSCCS2)c(N)n1. The van der Waals surface area contributed by atoms with Gasteiger partial charge in [-0.3, -0.25) is 0 Å². The zero-order chi connectivity index (χ0) is 12.1. The molecular weight excluding hydrogens is 254 g/mol. The van der Waals surface area contributed by atoms with Gasteiger partial charge in [0.05, 0.1) is 0 Å². The van der Waals surface area contributed by atoms with Gasteiger partial charge in [0.1, 0.15) is 5.82 Å². The molecule has 0 saturated carbocycles. The second kappa shape index (κ2) is 6.32. The third-order valence-electron chi connectivity index (χ3n) is 2.49. The van der Waals surface area contributed by atoms with Gasteiger partial charge in [-0.25, -0.2) is 4.98 Å². The van der Waals surface area contributed by atoms with Crippen LogP contribution in [-0.2, 0) is 6.54 Å². The van der Waals surface area contributed by atoms with E-state index in [0.29, 0.717) is 17.6 Å². The van der Waals surface area contributed by atoms with Crippen molar-refractivity contribution in [1.29, 1.82) is 0 Å². The number of hydrogen-bond acceptors (Lipinski definition) is 7. The molecule has 5 N–H and O–H groups in total. The van der Waals surface area contributed by atoms with Crippen molar-refractivity contribution in [3.05, 3.63) is 11.8 Å². The number of hydrogen-bond donors (Lipinski definition) is 3. The minimum Gasteiger partial charge on any atom is -0.383 e. The molecule has 17 heavy (non-hydrogen) atoms. The predicted octanol–water partition coefficient (Wildman–Crippen LogP) is 0.579. The van der Waals surface area contributed by atoms with Crippen LogP contribution in [0.15, 0.2) is 6.20 Å². The van der Waals surface area contributed by atoms with Gasteiger partial charge in [-0.15, -0.1) is 0 Å². The van der Waals surface area contributed by atoms with Crippen LogP contribution in [-0.4, -0.2) is 39.0 Å². The molecule has 2 heterocycles. The van der Waals surface area contributed by atoms with E-state index in [1.165, 1.54) is 17.3 Å². The lowest BCUT2D eigenvalue weighted by atomic mass is 10.3. The average molecular weight is 271 g/mol. The minimum absolute atomic E-state index is 0.227. The van der Waals surface area contributed by atoms with Crippen LogP contribution in [0.3, 0.4) is 0 Å². The molecule has 1 unspecified atom stereocenters. The summed E-state index contributed by atoms with van der Waals surface area (Å²) in [6.07, 6.45) is 1.69. The van der Waals surface area contributed by atoms with Gasteiger partial charge in [0.25, 0.3) is 0 Å². The Bertz CT molecular complexity index is 368. The van der Waals surface area contributed by atoms with Gasteiger partial charge in [-0.2, -0.15) is 28.5 Å². The van der Waals surface area contributed by atoms with E-state index in [0.717, 1.165) is 12.1 Å². The molecule has 0 bridgehead atoms. The first-order valence-electron chi connectivity index (χ1n) is 5.52. The molecule has 94 valence electrons. The van der Waals surface area contributed by atoms with Crippen LogP contribution in [0, 0.1) is 0 Å². The lowest BCUT2D eigenvalue weighted by molar-refractivity contribution is 0.684. The number of nitrogens with zero attached hydrogens (tertiary/aromatic N) is 2. The lowest BCUT2D eigenvalue weighted by Crippen LogP contribution is -2.29. The third kappa shape index (κ3) is 3.93. The summed E-state index contributed by atoms with van der Waals surface area (Å²) in [4.78, 5) is 7.88. The summed E-state index contributed by atoms with van der Waals surface area (Å²) in [5.74, 6) is 4.45. The number of nitrogens with two attached hydrogens (primary N) is 2. The first-order chi connectivity index (χ1) is 8.25. The number of rotatable bonds is 4. The summed E-state index contributed by atoms with van der Waals surface area (Å²) >= 11 is 4.07. The number of anilines is 2. The molecule has 1 saturated heterocycles. The fraction of sp³-hybridized carbons (Fsp3) is 0.600. The van der Waals surface area contributed by atoms with Crippen molar-refractivity contribution >= 4 is 35.3 Å². The topological polar surface area (TPSA) is 89.8 Å².